The molecule has 17 heavy (non-hydrogen) atoms. The Balaban J connectivity index is 1.68. The number of rotatable bonds is 5. The van der Waals surface area contributed by atoms with Crippen LogP contribution in [0.4, 0.5) is 0 Å². The number of nitrogens with one attached hydrogen (secondary N) is 1. The molecule has 0 aromatic heterocycles. The molecule has 0 spiro atoms. The molecule has 0 atom stereocenters. The van der Waals surface area contributed by atoms with E-state index in [1.807, 2.05) is 0 Å². The maximum absolute atomic E-state index is 10.9. The first-order valence-corrected chi connectivity index (χ1v) is 6.08. The van der Waals surface area contributed by atoms with Gasteiger partial charge in [0.15, 0.2) is 0 Å². The van der Waals surface area contributed by atoms with E-state index in [1.54, 1.807) is 0 Å². The first kappa shape index (κ1) is 12.1. The van der Waals surface area contributed by atoms with Crippen molar-refractivity contribution in [3.05, 3.63) is 35.4 Å². The molecule has 1 aliphatic rings. The summed E-state index contributed by atoms with van der Waals surface area (Å²) in [6, 6.07) is 8.57. The van der Waals surface area contributed by atoms with Crippen molar-refractivity contribution < 1.29 is 4.79 Å². The lowest BCUT2D eigenvalue weighted by Crippen LogP contribution is -2.29. The normalized spacial score (nSPS) is 14.6. The van der Waals surface area contributed by atoms with Crippen molar-refractivity contribution in [2.75, 3.05) is 6.54 Å². The summed E-state index contributed by atoms with van der Waals surface area (Å²) in [6.45, 7) is 3.13. The number of nitrogens with zero attached hydrogens (tertiary/aromatic N) is 1. The van der Waals surface area contributed by atoms with Gasteiger partial charge in [-0.3, -0.25) is 15.1 Å². The minimum Gasteiger partial charge on any atom is -0.295 e. The number of amides is 1. The highest BCUT2D eigenvalue weighted by atomic mass is 16.2. The maximum atomic E-state index is 10.9. The largest absolute Gasteiger partial charge is 0.295 e. The molecule has 1 amide bonds. The van der Waals surface area contributed by atoms with Crippen LogP contribution in [0, 0.1) is 0 Å². The average molecular weight is 233 g/mol. The molecule has 1 aromatic rings. The minimum atomic E-state index is -0.0743. The molecule has 4 heteroatoms. The van der Waals surface area contributed by atoms with E-state index in [0.29, 0.717) is 6.42 Å². The average Bonchev–Trinajstić information content (AvgIpc) is 2.76. The first-order valence-electron chi connectivity index (χ1n) is 6.08. The lowest BCUT2D eigenvalue weighted by Gasteiger charge is -2.13. The molecule has 1 heterocycles. The Kier molecular flexibility index (Phi) is 4.12. The van der Waals surface area contributed by atoms with E-state index < -0.39 is 0 Å². The van der Waals surface area contributed by atoms with E-state index >= 15 is 0 Å². The molecule has 4 nitrogen and oxygen atoms in total. The van der Waals surface area contributed by atoms with Gasteiger partial charge in [0.2, 0.25) is 5.91 Å². The quantitative estimate of drug-likeness (QED) is 0.347. The van der Waals surface area contributed by atoms with Crippen molar-refractivity contribution in [2.24, 2.45) is 5.84 Å². The highest BCUT2D eigenvalue weighted by molar-refractivity contribution is 5.75. The molecule has 0 saturated carbocycles. The van der Waals surface area contributed by atoms with Crippen LogP contribution in [-0.2, 0) is 17.9 Å². The summed E-state index contributed by atoms with van der Waals surface area (Å²) >= 11 is 0. The fourth-order valence-electron chi connectivity index (χ4n) is 2.25. The molecule has 0 fully saturated rings. The smallest absolute Gasteiger partial charge is 0.233 e. The molecular formula is C13H19N3O. The van der Waals surface area contributed by atoms with Crippen molar-refractivity contribution in [1.29, 1.82) is 0 Å². The molecule has 2 rings (SSSR count). The van der Waals surface area contributed by atoms with Gasteiger partial charge in [-0.1, -0.05) is 24.3 Å². The number of nitrogens with two attached hydrogens (primary N) is 1. The number of hydrogen-bond acceptors (Lipinski definition) is 3. The third-order valence-corrected chi connectivity index (χ3v) is 3.20. The van der Waals surface area contributed by atoms with E-state index in [9.17, 15) is 4.79 Å². The van der Waals surface area contributed by atoms with Crippen LogP contribution in [0.3, 0.4) is 0 Å². The van der Waals surface area contributed by atoms with Crippen LogP contribution in [0.1, 0.15) is 30.4 Å². The van der Waals surface area contributed by atoms with Gasteiger partial charge in [-0.05, 0) is 30.5 Å². The van der Waals surface area contributed by atoms with Gasteiger partial charge in [0, 0.05) is 19.5 Å². The molecule has 1 aromatic carbocycles. The zero-order valence-corrected chi connectivity index (χ0v) is 9.98. The second-order valence-electron chi connectivity index (χ2n) is 4.50. The van der Waals surface area contributed by atoms with Gasteiger partial charge in [0.05, 0.1) is 0 Å². The number of benzene rings is 1. The summed E-state index contributed by atoms with van der Waals surface area (Å²) in [4.78, 5) is 13.4. The SMILES string of the molecule is NNC(=O)CCCCN1Cc2ccccc2C1. The summed E-state index contributed by atoms with van der Waals surface area (Å²) in [5, 5.41) is 0. The topological polar surface area (TPSA) is 58.4 Å². The van der Waals surface area contributed by atoms with Gasteiger partial charge in [-0.2, -0.15) is 0 Å². The van der Waals surface area contributed by atoms with Gasteiger partial charge in [0.25, 0.3) is 0 Å². The highest BCUT2D eigenvalue weighted by Gasteiger charge is 2.17. The Morgan fingerprint density at radius 3 is 2.47 bits per heavy atom. The molecule has 0 aliphatic carbocycles. The van der Waals surface area contributed by atoms with E-state index in [1.165, 1.54) is 11.1 Å². The molecule has 92 valence electrons. The zero-order valence-electron chi connectivity index (χ0n) is 9.98. The Morgan fingerprint density at radius 1 is 1.24 bits per heavy atom. The molecule has 0 radical (unpaired) electrons. The Hall–Kier alpha value is -1.39. The Bertz CT molecular complexity index is 367. The Labute approximate surface area is 102 Å². The second-order valence-corrected chi connectivity index (χ2v) is 4.50. The lowest BCUT2D eigenvalue weighted by atomic mass is 10.1. The highest BCUT2D eigenvalue weighted by Crippen LogP contribution is 2.22. The summed E-state index contributed by atoms with van der Waals surface area (Å²) in [5.41, 5.74) is 5.03. The van der Waals surface area contributed by atoms with E-state index in [-0.39, 0.29) is 5.91 Å². The van der Waals surface area contributed by atoms with Gasteiger partial charge >= 0.3 is 0 Å². The van der Waals surface area contributed by atoms with Gasteiger partial charge in [-0.15, -0.1) is 0 Å². The number of fused-ring (bicyclic) bond motifs is 1. The van der Waals surface area contributed by atoms with Crippen LogP contribution in [-0.4, -0.2) is 17.4 Å². The van der Waals surface area contributed by atoms with E-state index in [2.05, 4.69) is 34.6 Å². The van der Waals surface area contributed by atoms with Crippen LogP contribution in [0.5, 0.6) is 0 Å². The summed E-state index contributed by atoms with van der Waals surface area (Å²) < 4.78 is 0. The van der Waals surface area contributed by atoms with Crippen molar-refractivity contribution in [1.82, 2.24) is 10.3 Å². The second kappa shape index (κ2) is 5.80. The van der Waals surface area contributed by atoms with Crippen molar-refractivity contribution >= 4 is 5.91 Å². The fourth-order valence-corrected chi connectivity index (χ4v) is 2.25. The monoisotopic (exact) mass is 233 g/mol. The maximum Gasteiger partial charge on any atom is 0.233 e. The molecule has 0 unspecified atom stereocenters. The Morgan fingerprint density at radius 2 is 1.88 bits per heavy atom. The summed E-state index contributed by atoms with van der Waals surface area (Å²) in [7, 11) is 0. The van der Waals surface area contributed by atoms with Gasteiger partial charge < -0.3 is 0 Å². The van der Waals surface area contributed by atoms with Crippen LogP contribution in [0.25, 0.3) is 0 Å². The third-order valence-electron chi connectivity index (χ3n) is 3.20. The predicted octanol–water partition coefficient (Wildman–Crippen LogP) is 1.16. The standard InChI is InChI=1S/C13H19N3O/c14-15-13(17)7-3-4-8-16-9-11-5-1-2-6-12(11)10-16/h1-2,5-6H,3-4,7-10,14H2,(H,15,17). The van der Waals surface area contributed by atoms with Gasteiger partial charge in [0.1, 0.15) is 0 Å². The number of hydrogen-bond donors (Lipinski definition) is 2. The fraction of sp³-hybridized carbons (Fsp3) is 0.462. The molecular weight excluding hydrogens is 214 g/mol. The number of carbonyl (C=O) groups excluding carboxylic acids is 1. The van der Waals surface area contributed by atoms with Crippen molar-refractivity contribution in [2.45, 2.75) is 32.4 Å². The zero-order chi connectivity index (χ0) is 12.1. The first-order chi connectivity index (χ1) is 8.29. The van der Waals surface area contributed by atoms with Crippen LogP contribution >= 0.6 is 0 Å². The van der Waals surface area contributed by atoms with Crippen molar-refractivity contribution in [3.8, 4) is 0 Å². The minimum absolute atomic E-state index is 0.0743. The summed E-state index contributed by atoms with van der Waals surface area (Å²) in [5.74, 6) is 4.95. The molecule has 0 saturated heterocycles. The lowest BCUT2D eigenvalue weighted by molar-refractivity contribution is -0.121. The molecule has 3 N–H and O–H groups in total. The van der Waals surface area contributed by atoms with Gasteiger partial charge in [-0.25, -0.2) is 5.84 Å². The molecule has 1 aliphatic heterocycles. The third kappa shape index (κ3) is 3.28. The van der Waals surface area contributed by atoms with Crippen LogP contribution in [0.15, 0.2) is 24.3 Å². The number of hydrazine groups is 1. The van der Waals surface area contributed by atoms with E-state index in [4.69, 9.17) is 5.84 Å². The predicted molar refractivity (Wildman–Crippen MR) is 66.7 cm³/mol. The van der Waals surface area contributed by atoms with E-state index in [0.717, 1.165) is 32.5 Å². The summed E-state index contributed by atoms with van der Waals surface area (Å²) in [6.07, 6.45) is 2.47. The number of unbranched alkanes of at least 4 members (excludes halogenated alkanes) is 1. The van der Waals surface area contributed by atoms with Crippen molar-refractivity contribution in [3.63, 3.8) is 0 Å². The number of carbonyl (C=O) groups is 1. The van der Waals surface area contributed by atoms with Crippen LogP contribution < -0.4 is 11.3 Å². The molecule has 0 bridgehead atoms. The van der Waals surface area contributed by atoms with Crippen LogP contribution in [0.2, 0.25) is 0 Å².